The van der Waals surface area contributed by atoms with E-state index in [-0.39, 0.29) is 5.41 Å². The van der Waals surface area contributed by atoms with Crippen LogP contribution in [0.4, 0.5) is 0 Å². The Morgan fingerprint density at radius 3 is 0.877 bits per heavy atom. The minimum absolute atomic E-state index is 0.274. The summed E-state index contributed by atoms with van der Waals surface area (Å²) in [5.74, 6) is 1.52. The molecule has 0 aromatic heterocycles. The van der Waals surface area contributed by atoms with Crippen LogP contribution in [0.2, 0.25) is 0 Å². The van der Waals surface area contributed by atoms with Crippen molar-refractivity contribution in [3.63, 3.8) is 0 Å². The third-order valence-corrected chi connectivity index (χ3v) is 13.1. The first-order valence-electron chi connectivity index (χ1n) is 25.3. The molecule has 0 bridgehead atoms. The van der Waals surface area contributed by atoms with Gasteiger partial charge in [0, 0.05) is 0 Å². The molecule has 6 aromatic rings. The van der Waals surface area contributed by atoms with Gasteiger partial charge in [0.15, 0.2) is 0 Å². The van der Waals surface area contributed by atoms with Gasteiger partial charge in [0.25, 0.3) is 0 Å². The molecule has 0 N–H and O–H groups in total. The van der Waals surface area contributed by atoms with Crippen molar-refractivity contribution in [2.75, 3.05) is 0 Å². The highest BCUT2D eigenvalue weighted by atomic mass is 14.3. The monoisotopic (exact) mass is 865 g/mol. The molecule has 0 saturated heterocycles. The van der Waals surface area contributed by atoms with E-state index >= 15 is 0 Å². The Hall–Kier alpha value is -4.68. The van der Waals surface area contributed by atoms with E-state index in [9.17, 15) is 0 Å². The van der Waals surface area contributed by atoms with Crippen molar-refractivity contribution >= 4 is 0 Å². The summed E-state index contributed by atoms with van der Waals surface area (Å²) in [5.41, 5.74) is 18.2. The zero-order valence-corrected chi connectivity index (χ0v) is 42.6. The molecular weight excluding hydrogens is 781 g/mol. The fourth-order valence-electron chi connectivity index (χ4n) is 9.81. The summed E-state index contributed by atoms with van der Waals surface area (Å²) in [4.78, 5) is 0. The summed E-state index contributed by atoms with van der Waals surface area (Å²) in [5, 5.41) is 0. The lowest BCUT2D eigenvalue weighted by Gasteiger charge is -2.26. The van der Waals surface area contributed by atoms with Crippen LogP contribution < -0.4 is 0 Å². The number of benzene rings is 6. The van der Waals surface area contributed by atoms with Crippen molar-refractivity contribution in [3.8, 4) is 0 Å². The molecule has 6 aromatic carbocycles. The van der Waals surface area contributed by atoms with Crippen molar-refractivity contribution in [3.05, 3.63) is 212 Å². The van der Waals surface area contributed by atoms with Gasteiger partial charge in [-0.1, -0.05) is 222 Å². The maximum Gasteiger partial charge on any atom is -0.0116 e. The Kier molecular flexibility index (Phi) is 17.4. The molecular formula is C65H84. The van der Waals surface area contributed by atoms with E-state index in [2.05, 4.69) is 222 Å². The van der Waals surface area contributed by atoms with Crippen LogP contribution in [0.5, 0.6) is 0 Å². The van der Waals surface area contributed by atoms with Gasteiger partial charge in [-0.2, -0.15) is 0 Å². The van der Waals surface area contributed by atoms with Crippen LogP contribution >= 0.6 is 0 Å². The molecule has 0 spiro atoms. The molecule has 0 radical (unpaired) electrons. The van der Waals surface area contributed by atoms with E-state index in [0.717, 1.165) is 77.0 Å². The highest BCUT2D eigenvalue weighted by molar-refractivity contribution is 5.34. The first kappa shape index (κ1) is 49.7. The standard InChI is InChI=1S/C65H84/c1-48(2)42-54-22-16-51(17-23-54)36-41-61(59-37-32-52(33-38-59)14-12-49-18-26-56(27-19-49)45-63(3,4)5)44-62(43-55-24-30-58(31-25-55)47-65(9,10)11)60-39-34-53(35-40-60)15-13-50-20-28-57(29-21-50)46-64(6,7)8/h16-35,37-40,48,61-62H,12-15,36,41-47H2,1-11H3. The van der Waals surface area contributed by atoms with Gasteiger partial charge in [0.05, 0.1) is 0 Å². The number of hydrogen-bond donors (Lipinski definition) is 0. The molecule has 0 aliphatic carbocycles. The van der Waals surface area contributed by atoms with Crippen molar-refractivity contribution < 1.29 is 0 Å². The molecule has 0 aliphatic rings. The van der Waals surface area contributed by atoms with Crippen LogP contribution in [0.25, 0.3) is 0 Å². The molecule has 344 valence electrons. The summed E-state index contributed by atoms with van der Waals surface area (Å²) in [6.07, 6.45) is 13.1. The Labute approximate surface area is 397 Å². The minimum atomic E-state index is 0.274. The van der Waals surface area contributed by atoms with E-state index in [1.807, 2.05) is 0 Å². The lowest BCUT2D eigenvalue weighted by atomic mass is 9.79. The van der Waals surface area contributed by atoms with E-state index in [1.165, 1.54) is 66.8 Å². The molecule has 6 rings (SSSR count). The third kappa shape index (κ3) is 17.6. The molecule has 0 saturated carbocycles. The number of hydrogen-bond acceptors (Lipinski definition) is 0. The van der Waals surface area contributed by atoms with Crippen molar-refractivity contribution in [2.45, 2.75) is 165 Å². The van der Waals surface area contributed by atoms with Crippen LogP contribution in [-0.2, 0) is 64.2 Å². The zero-order chi connectivity index (χ0) is 46.6. The molecule has 0 heteroatoms. The van der Waals surface area contributed by atoms with Gasteiger partial charge in [-0.15, -0.1) is 0 Å². The van der Waals surface area contributed by atoms with Gasteiger partial charge in [-0.3, -0.25) is 0 Å². The second kappa shape index (κ2) is 22.7. The molecule has 0 aliphatic heterocycles. The summed E-state index contributed by atoms with van der Waals surface area (Å²) in [7, 11) is 0. The van der Waals surface area contributed by atoms with Gasteiger partial charge in [-0.25, -0.2) is 0 Å². The maximum absolute atomic E-state index is 2.47. The van der Waals surface area contributed by atoms with Crippen LogP contribution in [0.3, 0.4) is 0 Å². The average Bonchev–Trinajstić information content (AvgIpc) is 3.24. The minimum Gasteiger partial charge on any atom is -0.0625 e. The largest absolute Gasteiger partial charge is 0.0625 e. The van der Waals surface area contributed by atoms with Crippen molar-refractivity contribution in [1.82, 2.24) is 0 Å². The average molecular weight is 865 g/mol. The summed E-state index contributed by atoms with van der Waals surface area (Å²) in [6.45, 7) is 25.6. The second-order valence-electron chi connectivity index (χ2n) is 23.9. The summed E-state index contributed by atoms with van der Waals surface area (Å²) < 4.78 is 0. The van der Waals surface area contributed by atoms with Crippen LogP contribution in [0.1, 0.15) is 168 Å². The van der Waals surface area contributed by atoms with Crippen LogP contribution in [-0.4, -0.2) is 0 Å². The summed E-state index contributed by atoms with van der Waals surface area (Å²) >= 11 is 0. The molecule has 65 heavy (non-hydrogen) atoms. The lowest BCUT2D eigenvalue weighted by Crippen LogP contribution is -2.12. The Morgan fingerprint density at radius 1 is 0.292 bits per heavy atom. The molecule has 0 heterocycles. The van der Waals surface area contributed by atoms with Crippen molar-refractivity contribution in [1.29, 1.82) is 0 Å². The van der Waals surface area contributed by atoms with E-state index in [1.54, 1.807) is 0 Å². The van der Waals surface area contributed by atoms with Gasteiger partial charge < -0.3 is 0 Å². The molecule has 0 fully saturated rings. The summed E-state index contributed by atoms with van der Waals surface area (Å²) in [6, 6.07) is 57.4. The fourth-order valence-corrected chi connectivity index (χ4v) is 9.81. The van der Waals surface area contributed by atoms with Crippen LogP contribution in [0, 0.1) is 22.2 Å². The zero-order valence-electron chi connectivity index (χ0n) is 42.6. The van der Waals surface area contributed by atoms with Gasteiger partial charge in [0.2, 0.25) is 0 Å². The topological polar surface area (TPSA) is 0 Å². The van der Waals surface area contributed by atoms with Gasteiger partial charge in [-0.05, 0) is 178 Å². The Bertz CT molecular complexity index is 2280. The quantitative estimate of drug-likeness (QED) is 0.0717. The predicted octanol–water partition coefficient (Wildman–Crippen LogP) is 17.4. The fraction of sp³-hybridized carbons (Fsp3) is 0.446. The van der Waals surface area contributed by atoms with Gasteiger partial charge in [0.1, 0.15) is 0 Å². The van der Waals surface area contributed by atoms with E-state index < -0.39 is 0 Å². The molecule has 0 nitrogen and oxygen atoms in total. The maximum atomic E-state index is 2.47. The Morgan fingerprint density at radius 2 is 0.554 bits per heavy atom. The lowest BCUT2D eigenvalue weighted by molar-refractivity contribution is 0.411. The molecule has 2 atom stereocenters. The highest BCUT2D eigenvalue weighted by Crippen LogP contribution is 2.37. The van der Waals surface area contributed by atoms with Gasteiger partial charge >= 0.3 is 0 Å². The smallest absolute Gasteiger partial charge is 0.0116 e. The first-order chi connectivity index (χ1) is 30.8. The SMILES string of the molecule is CC(C)Cc1ccc(CCC(CC(Cc2ccc(CC(C)(C)C)cc2)c2ccc(CCc3ccc(CC(C)(C)C)cc3)cc2)c2ccc(CCc3ccc(CC(C)(C)C)cc3)cc2)cc1. The van der Waals surface area contributed by atoms with E-state index in [4.69, 9.17) is 0 Å². The second-order valence-corrected chi connectivity index (χ2v) is 23.9. The molecule has 2 unspecified atom stereocenters. The number of aryl methyl sites for hydroxylation is 5. The Balaban J connectivity index is 1.22. The predicted molar refractivity (Wildman–Crippen MR) is 284 cm³/mol. The normalized spacial score (nSPS) is 13.3. The van der Waals surface area contributed by atoms with Crippen LogP contribution in [0.15, 0.2) is 146 Å². The van der Waals surface area contributed by atoms with Crippen molar-refractivity contribution in [2.24, 2.45) is 22.2 Å². The third-order valence-electron chi connectivity index (χ3n) is 13.1. The first-order valence-corrected chi connectivity index (χ1v) is 25.3. The number of rotatable bonds is 20. The molecule has 0 amide bonds. The van der Waals surface area contributed by atoms with E-state index in [0.29, 0.717) is 28.6 Å². The highest BCUT2D eigenvalue weighted by Gasteiger charge is 2.22.